The van der Waals surface area contributed by atoms with Crippen LogP contribution in [0.1, 0.15) is 35.7 Å². The minimum atomic E-state index is -0.705. The average molecular weight is 430 g/mol. The average Bonchev–Trinajstić information content (AvgIpc) is 3.01. The molecule has 4 rings (SSSR count). The first-order chi connectivity index (χ1) is 13.9. The molecule has 0 saturated carbocycles. The molecule has 2 aliphatic heterocycles. The number of hydrogen-bond donors (Lipinski definition) is 0. The number of carbonyl (C=O) groups excluding carboxylic acids is 1. The van der Waals surface area contributed by atoms with Crippen LogP contribution in [0.2, 0.25) is 5.02 Å². The monoisotopic (exact) mass is 429 g/mol. The largest absolute Gasteiger partial charge is 0.303 e. The van der Waals surface area contributed by atoms with Gasteiger partial charge in [0.1, 0.15) is 22.2 Å². The van der Waals surface area contributed by atoms with Gasteiger partial charge < -0.3 is 4.90 Å². The van der Waals surface area contributed by atoms with E-state index in [0.717, 1.165) is 25.2 Å². The normalized spacial score (nSPS) is 18.9. The van der Waals surface area contributed by atoms with Gasteiger partial charge in [0.05, 0.1) is 0 Å². The van der Waals surface area contributed by atoms with Crippen molar-refractivity contribution in [1.29, 1.82) is 0 Å². The molecule has 0 N–H and O–H groups in total. The molecule has 7 heteroatoms. The lowest BCUT2D eigenvalue weighted by Crippen LogP contribution is -2.55. The molecule has 0 atom stereocenters. The summed E-state index contributed by atoms with van der Waals surface area (Å²) in [5.41, 5.74) is 1.11. The molecular weight excluding hydrogens is 409 g/mol. The van der Waals surface area contributed by atoms with Gasteiger partial charge in [-0.1, -0.05) is 30.7 Å². The van der Waals surface area contributed by atoms with Crippen LogP contribution < -0.4 is 0 Å². The van der Waals surface area contributed by atoms with Gasteiger partial charge in [-0.05, 0) is 55.1 Å². The lowest BCUT2D eigenvalue weighted by atomic mass is 9.95. The Bertz CT molecular complexity index is 967. The fraction of sp³-hybridized carbons (Fsp3) is 0.318. The van der Waals surface area contributed by atoms with Crippen LogP contribution in [-0.2, 0) is 0 Å². The summed E-state index contributed by atoms with van der Waals surface area (Å²) >= 11 is 11.7. The number of nitrogens with zero attached hydrogens (tertiary/aromatic N) is 3. The summed E-state index contributed by atoms with van der Waals surface area (Å²) in [6.07, 6.45) is 1.40. The Kier molecular flexibility index (Phi) is 5.51. The summed E-state index contributed by atoms with van der Waals surface area (Å²) in [5, 5.41) is 0.569. The topological polar surface area (TPSA) is 35.9 Å². The molecule has 2 aliphatic rings. The number of aliphatic imine (C=N–C) groups is 1. The highest BCUT2D eigenvalue weighted by Gasteiger charge is 2.49. The van der Waals surface area contributed by atoms with E-state index in [9.17, 15) is 9.18 Å². The van der Waals surface area contributed by atoms with Crippen LogP contribution in [0.15, 0.2) is 53.5 Å². The van der Waals surface area contributed by atoms with E-state index < -0.39 is 5.66 Å². The number of piperidine rings is 1. The van der Waals surface area contributed by atoms with Gasteiger partial charge in [-0.2, -0.15) is 0 Å². The summed E-state index contributed by atoms with van der Waals surface area (Å²) < 4.78 is 13.4. The number of hydrogen-bond acceptors (Lipinski definition) is 4. The van der Waals surface area contributed by atoms with Crippen molar-refractivity contribution in [1.82, 2.24) is 9.80 Å². The van der Waals surface area contributed by atoms with E-state index in [1.54, 1.807) is 41.3 Å². The predicted octanol–water partition coefficient (Wildman–Crippen LogP) is 4.56. The Morgan fingerprint density at radius 2 is 1.76 bits per heavy atom. The fourth-order valence-corrected chi connectivity index (χ4v) is 4.50. The van der Waals surface area contributed by atoms with Crippen LogP contribution in [-0.4, -0.2) is 51.7 Å². The van der Waals surface area contributed by atoms with Crippen LogP contribution in [0.4, 0.5) is 4.39 Å². The van der Waals surface area contributed by atoms with Crippen molar-refractivity contribution in [3.05, 3.63) is 70.5 Å². The molecule has 0 unspecified atom stereocenters. The van der Waals surface area contributed by atoms with Crippen LogP contribution in [0.25, 0.3) is 0 Å². The third kappa shape index (κ3) is 3.72. The molecule has 0 bridgehead atoms. The van der Waals surface area contributed by atoms with Gasteiger partial charge in [-0.3, -0.25) is 14.7 Å². The predicted molar refractivity (Wildman–Crippen MR) is 117 cm³/mol. The zero-order chi connectivity index (χ0) is 20.6. The van der Waals surface area contributed by atoms with Crippen molar-refractivity contribution in [2.75, 3.05) is 19.6 Å². The number of benzene rings is 2. The molecule has 29 heavy (non-hydrogen) atoms. The van der Waals surface area contributed by atoms with Crippen molar-refractivity contribution in [2.45, 2.75) is 25.4 Å². The van der Waals surface area contributed by atoms with Gasteiger partial charge in [0.15, 0.2) is 0 Å². The maximum Gasteiger partial charge on any atom is 0.260 e. The van der Waals surface area contributed by atoms with E-state index >= 15 is 0 Å². The highest BCUT2D eigenvalue weighted by molar-refractivity contribution is 7.82. The lowest BCUT2D eigenvalue weighted by Gasteiger charge is -2.42. The number of halogens is 2. The summed E-state index contributed by atoms with van der Waals surface area (Å²) in [5.74, 6) is -0.504. The molecule has 4 nitrogen and oxygen atoms in total. The zero-order valence-electron chi connectivity index (χ0n) is 16.1. The second-order valence-electron chi connectivity index (χ2n) is 7.34. The van der Waals surface area contributed by atoms with Gasteiger partial charge in [0.25, 0.3) is 5.91 Å². The summed E-state index contributed by atoms with van der Waals surface area (Å²) in [4.78, 5) is 22.8. The van der Waals surface area contributed by atoms with Crippen LogP contribution >= 0.6 is 23.8 Å². The summed E-state index contributed by atoms with van der Waals surface area (Å²) in [6, 6.07) is 12.9. The van der Waals surface area contributed by atoms with E-state index in [2.05, 4.69) is 11.8 Å². The standard InChI is InChI=1S/C22H21ClFN3OS/c1-2-26-13-11-22(12-14-26)25-19(15-5-9-18(24)10-6-15)21(29)27(22)20(28)16-3-7-17(23)8-4-16/h3-10H,2,11-14H2,1H3. The second kappa shape index (κ2) is 7.94. The highest BCUT2D eigenvalue weighted by Crippen LogP contribution is 2.38. The van der Waals surface area contributed by atoms with Crippen molar-refractivity contribution in [3.63, 3.8) is 0 Å². The molecular formula is C22H21ClFN3OS. The summed E-state index contributed by atoms with van der Waals surface area (Å²) in [7, 11) is 0. The van der Waals surface area contributed by atoms with E-state index in [0.29, 0.717) is 34.1 Å². The highest BCUT2D eigenvalue weighted by atomic mass is 35.5. The molecule has 1 spiro atoms. The first-order valence-corrected chi connectivity index (χ1v) is 10.4. The number of thiocarbonyl (C=S) groups is 1. The van der Waals surface area contributed by atoms with Gasteiger partial charge in [0, 0.05) is 42.1 Å². The van der Waals surface area contributed by atoms with Gasteiger partial charge >= 0.3 is 0 Å². The number of rotatable bonds is 3. The van der Waals surface area contributed by atoms with Crippen molar-refractivity contribution < 1.29 is 9.18 Å². The molecule has 1 saturated heterocycles. The fourth-order valence-electron chi connectivity index (χ4n) is 3.96. The minimum Gasteiger partial charge on any atom is -0.303 e. The van der Waals surface area contributed by atoms with Crippen LogP contribution in [0, 0.1) is 5.82 Å². The Morgan fingerprint density at radius 3 is 2.34 bits per heavy atom. The maximum atomic E-state index is 13.5. The first kappa shape index (κ1) is 20.1. The molecule has 150 valence electrons. The van der Waals surface area contributed by atoms with Crippen LogP contribution in [0.5, 0.6) is 0 Å². The molecule has 0 aromatic heterocycles. The zero-order valence-corrected chi connectivity index (χ0v) is 17.6. The number of likely N-dealkylation sites (tertiary alicyclic amines) is 1. The van der Waals surface area contributed by atoms with Gasteiger partial charge in [-0.25, -0.2) is 4.39 Å². The minimum absolute atomic E-state index is 0.183. The SMILES string of the molecule is CCN1CCC2(CC1)N=C(c1ccc(F)cc1)C(=S)N2C(=O)c1ccc(Cl)cc1. The van der Waals surface area contributed by atoms with E-state index in [1.165, 1.54) is 12.1 Å². The van der Waals surface area contributed by atoms with Crippen LogP contribution in [0.3, 0.4) is 0 Å². The van der Waals surface area contributed by atoms with E-state index in [1.807, 2.05) is 0 Å². The van der Waals surface area contributed by atoms with Gasteiger partial charge in [-0.15, -0.1) is 0 Å². The smallest absolute Gasteiger partial charge is 0.260 e. The Labute approximate surface area is 180 Å². The van der Waals surface area contributed by atoms with Crippen molar-refractivity contribution in [3.8, 4) is 0 Å². The third-order valence-electron chi connectivity index (χ3n) is 5.66. The number of amides is 1. The van der Waals surface area contributed by atoms with E-state index in [4.69, 9.17) is 28.8 Å². The van der Waals surface area contributed by atoms with Crippen molar-refractivity contribution in [2.24, 2.45) is 4.99 Å². The molecule has 2 aromatic carbocycles. The molecule has 2 heterocycles. The first-order valence-electron chi connectivity index (χ1n) is 9.66. The van der Waals surface area contributed by atoms with Gasteiger partial charge in [0.2, 0.25) is 0 Å². The molecule has 0 aliphatic carbocycles. The summed E-state index contributed by atoms with van der Waals surface area (Å²) in [6.45, 7) is 4.76. The Morgan fingerprint density at radius 1 is 1.14 bits per heavy atom. The Balaban J connectivity index is 1.74. The molecule has 2 aromatic rings. The molecule has 0 radical (unpaired) electrons. The quantitative estimate of drug-likeness (QED) is 0.671. The third-order valence-corrected chi connectivity index (χ3v) is 6.29. The number of carbonyl (C=O) groups is 1. The van der Waals surface area contributed by atoms with E-state index in [-0.39, 0.29) is 11.7 Å². The van der Waals surface area contributed by atoms with Crippen molar-refractivity contribution >= 4 is 40.4 Å². The second-order valence-corrected chi connectivity index (χ2v) is 8.16. The lowest BCUT2D eigenvalue weighted by molar-refractivity contribution is 0.0544. The molecule has 1 fully saturated rings. The maximum absolute atomic E-state index is 13.5. The molecule has 1 amide bonds. The Hall–Kier alpha value is -2.15.